The number of hydrogen-bond acceptors (Lipinski definition) is 3. The van der Waals surface area contributed by atoms with Crippen LogP contribution in [0.25, 0.3) is 10.8 Å². The molecule has 160 valence electrons. The number of nitrogens with one attached hydrogen (secondary N) is 1. The maximum Gasteiger partial charge on any atom is 0.255 e. The molecular weight excluding hydrogens is 408 g/mol. The summed E-state index contributed by atoms with van der Waals surface area (Å²) in [6.45, 7) is 2.86. The van der Waals surface area contributed by atoms with Crippen LogP contribution in [0.4, 0.5) is 5.69 Å². The molecule has 0 spiro atoms. The molecule has 1 fully saturated rings. The Hall–Kier alpha value is -2.70. The fourth-order valence-corrected chi connectivity index (χ4v) is 6.58. The van der Waals surface area contributed by atoms with Crippen molar-refractivity contribution in [1.29, 1.82) is 0 Å². The number of aryl methyl sites for hydroxylation is 3. The highest BCUT2D eigenvalue weighted by Gasteiger charge is 2.28. The summed E-state index contributed by atoms with van der Waals surface area (Å²) >= 11 is 0. The molecule has 0 atom stereocenters. The van der Waals surface area contributed by atoms with E-state index in [0.717, 1.165) is 43.2 Å². The Balaban J connectivity index is 1.47. The second-order valence-electron chi connectivity index (χ2n) is 8.51. The van der Waals surface area contributed by atoms with E-state index in [1.807, 2.05) is 18.2 Å². The zero-order valence-corrected chi connectivity index (χ0v) is 18.5. The lowest BCUT2D eigenvalue weighted by Gasteiger charge is -2.26. The molecule has 5 rings (SSSR count). The van der Waals surface area contributed by atoms with E-state index >= 15 is 0 Å². The number of benzene rings is 3. The van der Waals surface area contributed by atoms with Gasteiger partial charge in [0, 0.05) is 29.7 Å². The van der Waals surface area contributed by atoms with Gasteiger partial charge < -0.3 is 5.32 Å². The van der Waals surface area contributed by atoms with Gasteiger partial charge in [0.15, 0.2) is 0 Å². The van der Waals surface area contributed by atoms with Gasteiger partial charge in [0.05, 0.1) is 4.90 Å². The first-order chi connectivity index (χ1) is 14.9. The minimum atomic E-state index is -3.61. The molecule has 0 aromatic heterocycles. The predicted octanol–water partition coefficient (Wildman–Crippen LogP) is 4.67. The van der Waals surface area contributed by atoms with Gasteiger partial charge in [-0.2, -0.15) is 4.31 Å². The Morgan fingerprint density at radius 1 is 0.935 bits per heavy atom. The van der Waals surface area contributed by atoms with Crippen molar-refractivity contribution >= 4 is 32.4 Å². The average Bonchev–Trinajstić information content (AvgIpc) is 3.21. The van der Waals surface area contributed by atoms with E-state index in [1.165, 1.54) is 22.6 Å². The molecule has 5 nitrogen and oxygen atoms in total. The topological polar surface area (TPSA) is 66.5 Å². The van der Waals surface area contributed by atoms with Crippen molar-refractivity contribution in [3.8, 4) is 0 Å². The first-order valence-corrected chi connectivity index (χ1v) is 12.3. The van der Waals surface area contributed by atoms with Gasteiger partial charge in [0.25, 0.3) is 5.91 Å². The smallest absolute Gasteiger partial charge is 0.255 e. The Labute approximate surface area is 183 Å². The minimum Gasteiger partial charge on any atom is -0.321 e. The maximum absolute atomic E-state index is 13.2. The maximum atomic E-state index is 13.2. The van der Waals surface area contributed by atoms with Crippen LogP contribution in [0.5, 0.6) is 0 Å². The first kappa shape index (κ1) is 20.2. The monoisotopic (exact) mass is 434 g/mol. The molecular formula is C25H26N2O3S. The molecule has 0 bridgehead atoms. The Kier molecular flexibility index (Phi) is 5.07. The van der Waals surface area contributed by atoms with Crippen molar-refractivity contribution in [1.82, 2.24) is 4.31 Å². The lowest BCUT2D eigenvalue weighted by Crippen LogP contribution is -2.36. The van der Waals surface area contributed by atoms with Crippen LogP contribution in [0.2, 0.25) is 0 Å². The van der Waals surface area contributed by atoms with Gasteiger partial charge in [0.2, 0.25) is 10.0 Å². The molecule has 3 aromatic carbocycles. The van der Waals surface area contributed by atoms with Crippen molar-refractivity contribution in [3.63, 3.8) is 0 Å². The van der Waals surface area contributed by atoms with Crippen LogP contribution in [0.3, 0.4) is 0 Å². The van der Waals surface area contributed by atoms with Gasteiger partial charge in [-0.25, -0.2) is 8.42 Å². The molecule has 1 heterocycles. The van der Waals surface area contributed by atoms with Crippen LogP contribution >= 0.6 is 0 Å². The van der Waals surface area contributed by atoms with Crippen molar-refractivity contribution in [2.75, 3.05) is 18.4 Å². The number of nitrogens with zero attached hydrogens (tertiary/aromatic N) is 1. The zero-order chi connectivity index (χ0) is 21.6. The summed E-state index contributed by atoms with van der Waals surface area (Å²) in [6.07, 6.45) is 4.87. The third-order valence-electron chi connectivity index (χ3n) is 6.51. The highest BCUT2D eigenvalue weighted by atomic mass is 32.2. The minimum absolute atomic E-state index is 0.224. The van der Waals surface area contributed by atoms with Gasteiger partial charge in [-0.05, 0) is 72.9 Å². The van der Waals surface area contributed by atoms with Crippen molar-refractivity contribution < 1.29 is 13.2 Å². The fourth-order valence-electron chi connectivity index (χ4n) is 4.81. The number of carbonyl (C=O) groups excluding carboxylic acids is 1. The first-order valence-electron chi connectivity index (χ1n) is 10.9. The van der Waals surface area contributed by atoms with Gasteiger partial charge in [-0.15, -0.1) is 0 Å². The quantitative estimate of drug-likeness (QED) is 0.649. The number of piperidine rings is 1. The Morgan fingerprint density at radius 2 is 1.68 bits per heavy atom. The summed E-state index contributed by atoms with van der Waals surface area (Å²) in [4.78, 5) is 13.3. The van der Waals surface area contributed by atoms with E-state index < -0.39 is 10.0 Å². The zero-order valence-electron chi connectivity index (χ0n) is 17.6. The molecule has 0 saturated carbocycles. The molecule has 1 N–H and O–H groups in total. The second kappa shape index (κ2) is 7.77. The van der Waals surface area contributed by atoms with Crippen LogP contribution in [0.1, 0.15) is 46.3 Å². The molecule has 1 saturated heterocycles. The molecule has 1 aliphatic heterocycles. The highest BCUT2D eigenvalue weighted by molar-refractivity contribution is 7.89. The molecule has 0 radical (unpaired) electrons. The molecule has 0 unspecified atom stereocenters. The largest absolute Gasteiger partial charge is 0.321 e. The number of anilines is 1. The highest BCUT2D eigenvalue weighted by Crippen LogP contribution is 2.35. The lowest BCUT2D eigenvalue weighted by atomic mass is 10.0. The SMILES string of the molecule is Cc1ccc(C(=O)Nc2ccc3c4c(cccc24)CC3)cc1S(=O)(=O)N1CCCCC1. The van der Waals surface area contributed by atoms with Crippen LogP contribution in [-0.2, 0) is 22.9 Å². The third kappa shape index (κ3) is 3.54. The van der Waals surface area contributed by atoms with Crippen LogP contribution < -0.4 is 5.32 Å². The second-order valence-corrected chi connectivity index (χ2v) is 10.4. The van der Waals surface area contributed by atoms with E-state index in [4.69, 9.17) is 0 Å². The van der Waals surface area contributed by atoms with E-state index in [9.17, 15) is 13.2 Å². The van der Waals surface area contributed by atoms with E-state index in [-0.39, 0.29) is 10.8 Å². The van der Waals surface area contributed by atoms with Gasteiger partial charge in [0.1, 0.15) is 0 Å². The summed E-state index contributed by atoms with van der Waals surface area (Å²) in [5.74, 6) is -0.297. The summed E-state index contributed by atoms with van der Waals surface area (Å²) < 4.78 is 27.9. The molecule has 2 aliphatic rings. The third-order valence-corrected chi connectivity index (χ3v) is 8.55. The fraction of sp³-hybridized carbons (Fsp3) is 0.320. The molecule has 1 amide bonds. The summed E-state index contributed by atoms with van der Waals surface area (Å²) in [5, 5.41) is 5.28. The Bertz CT molecular complexity index is 1280. The summed E-state index contributed by atoms with van der Waals surface area (Å²) in [5.41, 5.74) is 4.40. The van der Waals surface area contributed by atoms with Crippen molar-refractivity contribution in [2.24, 2.45) is 0 Å². The Morgan fingerprint density at radius 3 is 2.45 bits per heavy atom. The normalized spacial score (nSPS) is 16.5. The standard InChI is InChI=1S/C25H26N2O3S/c1-17-8-9-20(16-23(17)31(29,30)27-14-3-2-4-15-27)25(28)26-22-13-12-19-11-10-18-6-5-7-21(22)24(18)19/h5-9,12-13,16H,2-4,10-11,14-15H2,1H3,(H,26,28). The van der Waals surface area contributed by atoms with Gasteiger partial charge in [-0.1, -0.05) is 36.8 Å². The average molecular weight is 435 g/mol. The number of amides is 1. The molecule has 3 aromatic rings. The summed E-state index contributed by atoms with van der Waals surface area (Å²) in [6, 6.07) is 15.2. The van der Waals surface area contributed by atoms with E-state index in [1.54, 1.807) is 23.4 Å². The summed E-state index contributed by atoms with van der Waals surface area (Å²) in [7, 11) is -3.61. The molecule has 6 heteroatoms. The number of hydrogen-bond donors (Lipinski definition) is 1. The van der Waals surface area contributed by atoms with Gasteiger partial charge >= 0.3 is 0 Å². The van der Waals surface area contributed by atoms with Crippen molar-refractivity contribution in [2.45, 2.75) is 43.9 Å². The predicted molar refractivity (Wildman–Crippen MR) is 123 cm³/mol. The van der Waals surface area contributed by atoms with Crippen LogP contribution in [0, 0.1) is 6.92 Å². The van der Waals surface area contributed by atoms with Crippen LogP contribution in [-0.4, -0.2) is 31.7 Å². The van der Waals surface area contributed by atoms with Crippen molar-refractivity contribution in [3.05, 3.63) is 70.8 Å². The van der Waals surface area contributed by atoms with Crippen LogP contribution in [0.15, 0.2) is 53.4 Å². The molecule has 31 heavy (non-hydrogen) atoms. The van der Waals surface area contributed by atoms with E-state index in [0.29, 0.717) is 24.2 Å². The lowest BCUT2D eigenvalue weighted by molar-refractivity contribution is 0.102. The van der Waals surface area contributed by atoms with E-state index in [2.05, 4.69) is 17.4 Å². The number of rotatable bonds is 4. The molecule has 1 aliphatic carbocycles. The number of carbonyl (C=O) groups is 1. The number of sulfonamides is 1. The van der Waals surface area contributed by atoms with Gasteiger partial charge in [-0.3, -0.25) is 4.79 Å².